The van der Waals surface area contributed by atoms with Gasteiger partial charge in [0.15, 0.2) is 0 Å². The van der Waals surface area contributed by atoms with Gasteiger partial charge in [-0.15, -0.1) is 0 Å². The molecule has 4 nitrogen and oxygen atoms in total. The first-order chi connectivity index (χ1) is 14.4. The molecule has 0 aromatic heterocycles. The average Bonchev–Trinajstić information content (AvgIpc) is 2.72. The molecule has 1 fully saturated rings. The van der Waals surface area contributed by atoms with Crippen molar-refractivity contribution in [2.75, 3.05) is 26.2 Å². The smallest absolute Gasteiger partial charge is 0.309 e. The summed E-state index contributed by atoms with van der Waals surface area (Å²) in [7, 11) is 0. The van der Waals surface area contributed by atoms with Gasteiger partial charge in [0.1, 0.15) is 11.4 Å². The lowest BCUT2D eigenvalue weighted by Crippen LogP contribution is -2.39. The Morgan fingerprint density at radius 3 is 2.23 bits per heavy atom. The van der Waals surface area contributed by atoms with Crippen molar-refractivity contribution in [2.45, 2.75) is 52.1 Å². The zero-order valence-electron chi connectivity index (χ0n) is 18.6. The van der Waals surface area contributed by atoms with Crippen molar-refractivity contribution in [3.63, 3.8) is 0 Å². The summed E-state index contributed by atoms with van der Waals surface area (Å²) in [4.78, 5) is 14.6. The van der Waals surface area contributed by atoms with Crippen molar-refractivity contribution >= 4 is 5.97 Å². The number of carbonyl (C=O) groups is 1. The third kappa shape index (κ3) is 7.49. The van der Waals surface area contributed by atoms with E-state index < -0.39 is 5.60 Å². The van der Waals surface area contributed by atoms with Gasteiger partial charge in [0.2, 0.25) is 0 Å². The lowest BCUT2D eigenvalue weighted by Gasteiger charge is -2.32. The van der Waals surface area contributed by atoms with Crippen molar-refractivity contribution in [1.29, 1.82) is 0 Å². The third-order valence-corrected chi connectivity index (χ3v) is 5.39. The fraction of sp³-hybridized carbons (Fsp3) is 0.500. The molecule has 1 heterocycles. The highest BCUT2D eigenvalue weighted by Crippen LogP contribution is 2.22. The SMILES string of the molecule is CC(C)(C)OC(=O)C1CCN(CCCOc2ccc(Cc3ccccc3)cc2)CC1. The predicted molar refractivity (Wildman–Crippen MR) is 121 cm³/mol. The monoisotopic (exact) mass is 409 g/mol. The molecule has 30 heavy (non-hydrogen) atoms. The molecular formula is C26H35NO3. The van der Waals surface area contributed by atoms with Crippen LogP contribution in [0.4, 0.5) is 0 Å². The highest BCUT2D eigenvalue weighted by molar-refractivity contribution is 5.73. The second-order valence-electron chi connectivity index (χ2n) is 9.16. The van der Waals surface area contributed by atoms with E-state index in [4.69, 9.17) is 9.47 Å². The summed E-state index contributed by atoms with van der Waals surface area (Å²) in [5.74, 6) is 0.933. The van der Waals surface area contributed by atoms with Crippen LogP contribution < -0.4 is 4.74 Å². The van der Waals surface area contributed by atoms with Gasteiger partial charge in [-0.1, -0.05) is 42.5 Å². The zero-order valence-corrected chi connectivity index (χ0v) is 18.6. The number of rotatable bonds is 8. The molecule has 0 amide bonds. The van der Waals surface area contributed by atoms with Gasteiger partial charge < -0.3 is 14.4 Å². The van der Waals surface area contributed by atoms with Crippen molar-refractivity contribution in [2.24, 2.45) is 5.92 Å². The van der Waals surface area contributed by atoms with E-state index in [9.17, 15) is 4.79 Å². The van der Waals surface area contributed by atoms with E-state index in [1.807, 2.05) is 26.8 Å². The molecule has 0 spiro atoms. The first-order valence-corrected chi connectivity index (χ1v) is 11.1. The van der Waals surface area contributed by atoms with Gasteiger partial charge >= 0.3 is 5.97 Å². The predicted octanol–water partition coefficient (Wildman–Crippen LogP) is 5.10. The molecule has 0 bridgehead atoms. The molecule has 2 aromatic carbocycles. The number of esters is 1. The fourth-order valence-electron chi connectivity index (χ4n) is 3.79. The highest BCUT2D eigenvalue weighted by Gasteiger charge is 2.28. The van der Waals surface area contributed by atoms with Gasteiger partial charge in [0, 0.05) is 6.54 Å². The maximum Gasteiger partial charge on any atom is 0.309 e. The van der Waals surface area contributed by atoms with Crippen LogP contribution in [0.15, 0.2) is 54.6 Å². The maximum absolute atomic E-state index is 12.2. The average molecular weight is 410 g/mol. The minimum Gasteiger partial charge on any atom is -0.494 e. The lowest BCUT2D eigenvalue weighted by atomic mass is 9.96. The number of hydrogen-bond donors (Lipinski definition) is 0. The number of likely N-dealkylation sites (tertiary alicyclic amines) is 1. The van der Waals surface area contributed by atoms with Gasteiger partial charge in [-0.2, -0.15) is 0 Å². The van der Waals surface area contributed by atoms with Crippen LogP contribution in [0.5, 0.6) is 5.75 Å². The van der Waals surface area contributed by atoms with Gasteiger partial charge in [0.05, 0.1) is 12.5 Å². The van der Waals surface area contributed by atoms with E-state index >= 15 is 0 Å². The largest absolute Gasteiger partial charge is 0.494 e. The molecule has 1 aliphatic rings. The molecule has 3 rings (SSSR count). The Morgan fingerprint density at radius 1 is 0.967 bits per heavy atom. The Hall–Kier alpha value is -2.33. The molecule has 0 saturated carbocycles. The first-order valence-electron chi connectivity index (χ1n) is 11.1. The van der Waals surface area contributed by atoms with Crippen LogP contribution >= 0.6 is 0 Å². The van der Waals surface area contributed by atoms with Gasteiger partial charge in [0.25, 0.3) is 0 Å². The summed E-state index contributed by atoms with van der Waals surface area (Å²) >= 11 is 0. The second kappa shape index (κ2) is 10.6. The van der Waals surface area contributed by atoms with E-state index in [1.165, 1.54) is 11.1 Å². The van der Waals surface area contributed by atoms with Crippen LogP contribution in [0.3, 0.4) is 0 Å². The molecule has 162 valence electrons. The number of hydrogen-bond acceptors (Lipinski definition) is 4. The third-order valence-electron chi connectivity index (χ3n) is 5.39. The Bertz CT molecular complexity index is 772. The molecule has 0 radical (unpaired) electrons. The van der Waals surface area contributed by atoms with Crippen LogP contribution in [0.1, 0.15) is 51.2 Å². The van der Waals surface area contributed by atoms with Crippen LogP contribution in [0, 0.1) is 5.92 Å². The van der Waals surface area contributed by atoms with Gasteiger partial charge in [-0.05, 0) is 82.8 Å². The Labute approximate surface area is 181 Å². The molecule has 0 unspecified atom stereocenters. The summed E-state index contributed by atoms with van der Waals surface area (Å²) in [5.41, 5.74) is 2.22. The lowest BCUT2D eigenvalue weighted by molar-refractivity contribution is -0.161. The minimum absolute atomic E-state index is 0.0406. The standard InChI is InChI=1S/C26H35NO3/c1-26(2,3)30-25(28)23-14-17-27(18-15-23)16-7-19-29-24-12-10-22(11-13-24)20-21-8-5-4-6-9-21/h4-6,8-13,23H,7,14-20H2,1-3H3. The van der Waals surface area contributed by atoms with Gasteiger partial charge in [-0.25, -0.2) is 0 Å². The minimum atomic E-state index is -0.398. The summed E-state index contributed by atoms with van der Waals surface area (Å²) in [6.07, 6.45) is 3.71. The molecule has 1 aliphatic heterocycles. The Kier molecular flexibility index (Phi) is 7.92. The Balaban J connectivity index is 1.31. The maximum atomic E-state index is 12.2. The molecule has 2 aromatic rings. The van der Waals surface area contributed by atoms with E-state index in [2.05, 4.69) is 53.4 Å². The summed E-state index contributed by atoms with van der Waals surface area (Å²) in [5, 5.41) is 0. The topological polar surface area (TPSA) is 38.8 Å². The summed E-state index contributed by atoms with van der Waals surface area (Å²) in [6.45, 7) is 9.41. The van der Waals surface area contributed by atoms with Crippen LogP contribution in [-0.2, 0) is 16.0 Å². The van der Waals surface area contributed by atoms with E-state index in [-0.39, 0.29) is 11.9 Å². The van der Waals surface area contributed by atoms with Crippen LogP contribution in [0.25, 0.3) is 0 Å². The number of piperidine rings is 1. The number of benzene rings is 2. The molecule has 0 atom stereocenters. The van der Waals surface area contributed by atoms with Gasteiger partial charge in [-0.3, -0.25) is 4.79 Å². The number of ether oxygens (including phenoxy) is 2. The molecule has 0 N–H and O–H groups in total. The molecule has 0 aliphatic carbocycles. The highest BCUT2D eigenvalue weighted by atomic mass is 16.6. The van der Waals surface area contributed by atoms with E-state index in [1.54, 1.807) is 0 Å². The number of nitrogens with zero attached hydrogens (tertiary/aromatic N) is 1. The summed E-state index contributed by atoms with van der Waals surface area (Å²) < 4.78 is 11.4. The summed E-state index contributed by atoms with van der Waals surface area (Å²) in [6, 6.07) is 18.9. The van der Waals surface area contributed by atoms with Crippen LogP contribution in [0.2, 0.25) is 0 Å². The quantitative estimate of drug-likeness (QED) is 0.449. The van der Waals surface area contributed by atoms with Crippen molar-refractivity contribution < 1.29 is 14.3 Å². The van der Waals surface area contributed by atoms with Crippen molar-refractivity contribution in [3.05, 3.63) is 65.7 Å². The normalized spacial score (nSPS) is 15.7. The zero-order chi connectivity index (χ0) is 21.4. The van der Waals surface area contributed by atoms with E-state index in [0.29, 0.717) is 6.61 Å². The molecule has 1 saturated heterocycles. The molecular weight excluding hydrogens is 374 g/mol. The van der Waals surface area contributed by atoms with E-state index in [0.717, 1.165) is 51.1 Å². The van der Waals surface area contributed by atoms with Crippen LogP contribution in [-0.4, -0.2) is 42.7 Å². The molecule has 4 heteroatoms. The van der Waals surface area contributed by atoms with Crippen molar-refractivity contribution in [1.82, 2.24) is 4.90 Å². The first kappa shape index (κ1) is 22.4. The number of carbonyl (C=O) groups excluding carboxylic acids is 1. The second-order valence-corrected chi connectivity index (χ2v) is 9.16. The Morgan fingerprint density at radius 2 is 1.60 bits per heavy atom. The van der Waals surface area contributed by atoms with Crippen molar-refractivity contribution in [3.8, 4) is 5.75 Å². The fourth-order valence-corrected chi connectivity index (χ4v) is 3.79.